The maximum absolute atomic E-state index is 9.53. The van der Waals surface area contributed by atoms with E-state index in [-0.39, 0.29) is 0 Å². The van der Waals surface area contributed by atoms with Crippen molar-refractivity contribution in [3.8, 4) is 6.07 Å². The number of rotatable bonds is 3. The maximum Gasteiger partial charge on any atom is 0.146 e. The van der Waals surface area contributed by atoms with Crippen LogP contribution in [0.3, 0.4) is 0 Å². The summed E-state index contributed by atoms with van der Waals surface area (Å²) in [7, 11) is 0. The molecule has 0 bridgehead atoms. The zero-order valence-electron chi connectivity index (χ0n) is 15.5. The van der Waals surface area contributed by atoms with E-state index in [1.54, 1.807) is 0 Å². The predicted molar refractivity (Wildman–Crippen MR) is 105 cm³/mol. The number of piperazine rings is 1. The van der Waals surface area contributed by atoms with E-state index in [2.05, 4.69) is 44.0 Å². The van der Waals surface area contributed by atoms with Crippen molar-refractivity contribution in [2.75, 3.05) is 49.1 Å². The lowest BCUT2D eigenvalue weighted by Crippen LogP contribution is -2.63. The number of nitrogens with zero attached hydrogens (tertiary/aromatic N) is 6. The van der Waals surface area contributed by atoms with Crippen LogP contribution in [0.25, 0.3) is 0 Å². The van der Waals surface area contributed by atoms with Crippen LogP contribution in [-0.4, -0.2) is 60.2 Å². The third-order valence-electron chi connectivity index (χ3n) is 6.12. The summed E-state index contributed by atoms with van der Waals surface area (Å²) in [5.41, 5.74) is 3.23. The van der Waals surface area contributed by atoms with Crippen molar-refractivity contribution in [2.24, 2.45) is 0 Å². The van der Waals surface area contributed by atoms with Crippen molar-refractivity contribution in [3.63, 3.8) is 0 Å². The maximum atomic E-state index is 9.53. The lowest BCUT2D eigenvalue weighted by atomic mass is 10.0. The summed E-state index contributed by atoms with van der Waals surface area (Å²) in [6, 6.07) is 11.1. The molecule has 0 aromatic carbocycles. The quantitative estimate of drug-likeness (QED) is 0.833. The lowest BCUT2D eigenvalue weighted by Gasteiger charge is -2.49. The molecule has 0 radical (unpaired) electrons. The first-order valence-corrected chi connectivity index (χ1v) is 9.90. The highest BCUT2D eigenvalue weighted by Crippen LogP contribution is 2.30. The largest absolute Gasteiger partial charge is 0.354 e. The first-order chi connectivity index (χ1) is 13.3. The first kappa shape index (κ1) is 16.5. The summed E-state index contributed by atoms with van der Waals surface area (Å²) in [6.45, 7) is 6.13. The van der Waals surface area contributed by atoms with Gasteiger partial charge in [0.2, 0.25) is 0 Å². The second kappa shape index (κ2) is 6.82. The Bertz CT molecular complexity index is 860. The van der Waals surface area contributed by atoms with Gasteiger partial charge in [0, 0.05) is 57.2 Å². The van der Waals surface area contributed by atoms with Crippen LogP contribution in [0.1, 0.15) is 23.2 Å². The van der Waals surface area contributed by atoms with Crippen molar-refractivity contribution < 1.29 is 0 Å². The molecule has 138 valence electrons. The molecule has 2 fully saturated rings. The number of hydrogen-bond donors (Lipinski definition) is 0. The highest BCUT2D eigenvalue weighted by atomic mass is 15.4. The fourth-order valence-electron chi connectivity index (χ4n) is 4.50. The van der Waals surface area contributed by atoms with Crippen LogP contribution in [0.15, 0.2) is 30.5 Å². The molecule has 2 aromatic heterocycles. The zero-order valence-corrected chi connectivity index (χ0v) is 15.5. The van der Waals surface area contributed by atoms with Crippen molar-refractivity contribution in [1.82, 2.24) is 14.9 Å². The number of aryl methyl sites for hydroxylation is 2. The number of hydrogen-bond acceptors (Lipinski definition) is 6. The first-order valence-electron chi connectivity index (χ1n) is 9.90. The number of pyridine rings is 2. The summed E-state index contributed by atoms with van der Waals surface area (Å²) < 4.78 is 0. The highest BCUT2D eigenvalue weighted by molar-refractivity contribution is 5.58. The molecule has 0 amide bonds. The minimum absolute atomic E-state index is 0.567. The van der Waals surface area contributed by atoms with Crippen LogP contribution in [0.2, 0.25) is 0 Å². The molecular formula is C21H24N6. The van der Waals surface area contributed by atoms with E-state index in [9.17, 15) is 5.26 Å². The van der Waals surface area contributed by atoms with E-state index < -0.39 is 0 Å². The monoisotopic (exact) mass is 360 g/mol. The fourth-order valence-corrected chi connectivity index (χ4v) is 4.50. The van der Waals surface area contributed by atoms with Crippen molar-refractivity contribution in [3.05, 3.63) is 47.3 Å². The molecule has 1 aliphatic carbocycles. The van der Waals surface area contributed by atoms with Crippen LogP contribution in [0.4, 0.5) is 11.6 Å². The summed E-state index contributed by atoms with van der Waals surface area (Å²) >= 11 is 0. The molecule has 4 heterocycles. The van der Waals surface area contributed by atoms with Gasteiger partial charge in [-0.25, -0.2) is 9.97 Å². The summed E-state index contributed by atoms with van der Waals surface area (Å²) in [6.07, 6.45) is 5.16. The second-order valence-electron chi connectivity index (χ2n) is 7.70. The molecule has 2 saturated heterocycles. The minimum atomic E-state index is 0.567. The van der Waals surface area contributed by atoms with E-state index in [4.69, 9.17) is 4.98 Å². The van der Waals surface area contributed by atoms with Crippen LogP contribution < -0.4 is 9.80 Å². The van der Waals surface area contributed by atoms with Gasteiger partial charge in [-0.2, -0.15) is 5.26 Å². The van der Waals surface area contributed by atoms with E-state index in [0.717, 1.165) is 69.3 Å². The number of nitriles is 1. The molecule has 3 aliphatic rings. The molecule has 2 aromatic rings. The normalized spacial score (nSPS) is 20.3. The Morgan fingerprint density at radius 2 is 1.89 bits per heavy atom. The Kier molecular flexibility index (Phi) is 4.17. The number of aromatic nitrogens is 2. The molecule has 5 rings (SSSR count). The average molecular weight is 360 g/mol. The van der Waals surface area contributed by atoms with Gasteiger partial charge in [-0.05, 0) is 43.0 Å². The number of anilines is 2. The van der Waals surface area contributed by atoms with Gasteiger partial charge in [0.25, 0.3) is 0 Å². The molecule has 6 heteroatoms. The molecular weight excluding hydrogens is 336 g/mol. The van der Waals surface area contributed by atoms with Crippen LogP contribution in [-0.2, 0) is 12.8 Å². The van der Waals surface area contributed by atoms with Gasteiger partial charge in [0.1, 0.15) is 17.7 Å². The van der Waals surface area contributed by atoms with E-state index >= 15 is 0 Å². The highest BCUT2D eigenvalue weighted by Gasteiger charge is 2.35. The Morgan fingerprint density at radius 1 is 1.04 bits per heavy atom. The molecule has 0 unspecified atom stereocenters. The Labute approximate surface area is 160 Å². The van der Waals surface area contributed by atoms with Gasteiger partial charge in [-0.1, -0.05) is 6.07 Å². The van der Waals surface area contributed by atoms with Gasteiger partial charge in [-0.15, -0.1) is 0 Å². The van der Waals surface area contributed by atoms with Gasteiger partial charge < -0.3 is 9.80 Å². The smallest absolute Gasteiger partial charge is 0.146 e. The molecule has 0 saturated carbocycles. The van der Waals surface area contributed by atoms with Gasteiger partial charge in [0.15, 0.2) is 0 Å². The van der Waals surface area contributed by atoms with Gasteiger partial charge >= 0.3 is 0 Å². The zero-order chi connectivity index (χ0) is 18.2. The van der Waals surface area contributed by atoms with E-state index in [0.29, 0.717) is 6.04 Å². The summed E-state index contributed by atoms with van der Waals surface area (Å²) in [5, 5.41) is 9.53. The molecule has 0 N–H and O–H groups in total. The van der Waals surface area contributed by atoms with E-state index in [1.807, 2.05) is 12.3 Å². The standard InChI is InChI=1S/C21H24N6/c22-13-17-12-16-4-3-5-19(16)24-21(17)27-14-18(15-27)25-8-10-26(11-9-25)20-6-1-2-7-23-20/h1-2,6-7,12,18H,3-5,8-11,14-15H2. The third kappa shape index (κ3) is 3.02. The predicted octanol–water partition coefficient (Wildman–Crippen LogP) is 1.85. The summed E-state index contributed by atoms with van der Waals surface area (Å²) in [4.78, 5) is 16.5. The Hall–Kier alpha value is -2.65. The second-order valence-corrected chi connectivity index (χ2v) is 7.70. The Morgan fingerprint density at radius 3 is 2.63 bits per heavy atom. The topological polar surface area (TPSA) is 59.3 Å². The van der Waals surface area contributed by atoms with Crippen molar-refractivity contribution in [1.29, 1.82) is 5.26 Å². The lowest BCUT2D eigenvalue weighted by molar-refractivity contribution is 0.156. The van der Waals surface area contributed by atoms with Gasteiger partial charge in [0.05, 0.1) is 5.56 Å². The SMILES string of the molecule is N#Cc1cc2c(nc1N1CC(N3CCN(c4ccccn4)CC3)C1)CCC2. The van der Waals surface area contributed by atoms with Crippen LogP contribution in [0, 0.1) is 11.3 Å². The summed E-state index contributed by atoms with van der Waals surface area (Å²) in [5.74, 6) is 1.98. The average Bonchev–Trinajstić information content (AvgIpc) is 3.15. The van der Waals surface area contributed by atoms with Crippen LogP contribution >= 0.6 is 0 Å². The Balaban J connectivity index is 1.21. The molecule has 0 atom stereocenters. The molecule has 0 spiro atoms. The fraction of sp³-hybridized carbons (Fsp3) is 0.476. The minimum Gasteiger partial charge on any atom is -0.354 e. The molecule has 2 aliphatic heterocycles. The number of fused-ring (bicyclic) bond motifs is 1. The van der Waals surface area contributed by atoms with Crippen molar-refractivity contribution in [2.45, 2.75) is 25.3 Å². The van der Waals surface area contributed by atoms with E-state index in [1.165, 1.54) is 17.7 Å². The molecule has 27 heavy (non-hydrogen) atoms. The van der Waals surface area contributed by atoms with Crippen molar-refractivity contribution >= 4 is 11.6 Å². The van der Waals surface area contributed by atoms with Gasteiger partial charge in [-0.3, -0.25) is 4.90 Å². The molecule has 6 nitrogen and oxygen atoms in total. The van der Waals surface area contributed by atoms with Crippen LogP contribution in [0.5, 0.6) is 0 Å². The third-order valence-corrected chi connectivity index (χ3v) is 6.12.